The standard InChI is InChI=1S/C23H31N7/c1-14-9-10-30(20-8-7-17(25-2)11-18(14)20)23-21-22(28-29-23)27-19(13-26-21)16-5-3-15(12-24)4-6-16/h7-8,11,13-16,25H,3-6,9-10,12,24H2,1-2H3,(H,27,28,29)/t14-,15-,16-/m0/s1. The van der Waals surface area contributed by atoms with Gasteiger partial charge in [0.05, 0.1) is 5.69 Å². The van der Waals surface area contributed by atoms with Crippen LogP contribution >= 0.6 is 0 Å². The van der Waals surface area contributed by atoms with Crippen LogP contribution in [0.1, 0.15) is 62.1 Å². The second-order valence-electron chi connectivity index (χ2n) is 8.86. The van der Waals surface area contributed by atoms with Crippen LogP contribution in [0, 0.1) is 5.92 Å². The average Bonchev–Trinajstić information content (AvgIpc) is 3.22. The number of fused-ring (bicyclic) bond motifs is 2. The molecule has 0 unspecified atom stereocenters. The summed E-state index contributed by atoms with van der Waals surface area (Å²) in [6.45, 7) is 4.02. The van der Waals surface area contributed by atoms with Crippen LogP contribution in [-0.2, 0) is 0 Å². The van der Waals surface area contributed by atoms with Gasteiger partial charge < -0.3 is 16.0 Å². The average molecular weight is 406 g/mol. The van der Waals surface area contributed by atoms with E-state index in [9.17, 15) is 0 Å². The Balaban J connectivity index is 1.46. The van der Waals surface area contributed by atoms with Crippen LogP contribution < -0.4 is 16.0 Å². The zero-order valence-corrected chi connectivity index (χ0v) is 17.9. The van der Waals surface area contributed by atoms with E-state index >= 15 is 0 Å². The summed E-state index contributed by atoms with van der Waals surface area (Å²) in [5, 5.41) is 11.0. The second kappa shape index (κ2) is 7.87. The molecule has 1 aromatic carbocycles. The lowest BCUT2D eigenvalue weighted by Gasteiger charge is -2.33. The highest BCUT2D eigenvalue weighted by Gasteiger charge is 2.28. The van der Waals surface area contributed by atoms with E-state index in [0.717, 1.165) is 60.7 Å². The van der Waals surface area contributed by atoms with Crippen molar-refractivity contribution >= 4 is 28.4 Å². The summed E-state index contributed by atoms with van der Waals surface area (Å²) < 4.78 is 0. The van der Waals surface area contributed by atoms with E-state index in [1.807, 2.05) is 13.2 Å². The molecular weight excluding hydrogens is 374 g/mol. The van der Waals surface area contributed by atoms with Crippen molar-refractivity contribution in [3.8, 4) is 0 Å². The first-order chi connectivity index (χ1) is 14.7. The number of hydrogen-bond acceptors (Lipinski definition) is 6. The molecule has 0 amide bonds. The number of rotatable bonds is 4. The second-order valence-corrected chi connectivity index (χ2v) is 8.86. The van der Waals surface area contributed by atoms with Gasteiger partial charge in [-0.1, -0.05) is 6.92 Å². The van der Waals surface area contributed by atoms with Gasteiger partial charge in [-0.25, -0.2) is 9.97 Å². The molecule has 4 N–H and O–H groups in total. The largest absolute Gasteiger partial charge is 0.388 e. The van der Waals surface area contributed by atoms with Crippen molar-refractivity contribution in [2.24, 2.45) is 11.7 Å². The first kappa shape index (κ1) is 19.3. The van der Waals surface area contributed by atoms with Crippen molar-refractivity contribution in [1.29, 1.82) is 0 Å². The number of benzene rings is 1. The molecule has 7 heteroatoms. The van der Waals surface area contributed by atoms with E-state index in [1.54, 1.807) is 0 Å². The number of nitrogens with zero attached hydrogens (tertiary/aromatic N) is 4. The number of H-pyrrole nitrogens is 1. The molecule has 0 saturated heterocycles. The zero-order valence-electron chi connectivity index (χ0n) is 17.9. The van der Waals surface area contributed by atoms with Gasteiger partial charge in [0.15, 0.2) is 17.0 Å². The molecule has 3 heterocycles. The summed E-state index contributed by atoms with van der Waals surface area (Å²) in [6, 6.07) is 6.57. The molecule has 1 saturated carbocycles. The molecule has 0 spiro atoms. The van der Waals surface area contributed by atoms with Gasteiger partial charge in [-0.05, 0) is 74.2 Å². The molecule has 1 aliphatic carbocycles. The third-order valence-corrected chi connectivity index (χ3v) is 7.05. The Morgan fingerprint density at radius 3 is 2.80 bits per heavy atom. The molecule has 1 aliphatic heterocycles. The van der Waals surface area contributed by atoms with Gasteiger partial charge in [0.1, 0.15) is 0 Å². The fourth-order valence-electron chi connectivity index (χ4n) is 5.05. The van der Waals surface area contributed by atoms with E-state index in [2.05, 4.69) is 45.5 Å². The molecular formula is C23H31N7. The molecule has 5 rings (SSSR count). The van der Waals surface area contributed by atoms with Gasteiger partial charge >= 0.3 is 0 Å². The number of anilines is 3. The van der Waals surface area contributed by atoms with Crippen molar-refractivity contribution in [3.63, 3.8) is 0 Å². The normalized spacial score (nSPS) is 24.1. The van der Waals surface area contributed by atoms with Gasteiger partial charge in [0, 0.05) is 37.1 Å². The van der Waals surface area contributed by atoms with E-state index in [0.29, 0.717) is 17.8 Å². The minimum atomic E-state index is 0.480. The molecule has 30 heavy (non-hydrogen) atoms. The Hall–Kier alpha value is -2.67. The summed E-state index contributed by atoms with van der Waals surface area (Å²) in [5.74, 6) is 2.55. The molecule has 2 aliphatic rings. The van der Waals surface area contributed by atoms with Gasteiger partial charge in [0.2, 0.25) is 0 Å². The Labute approximate surface area is 177 Å². The monoisotopic (exact) mass is 405 g/mol. The van der Waals surface area contributed by atoms with Crippen molar-refractivity contribution < 1.29 is 0 Å². The van der Waals surface area contributed by atoms with Crippen LogP contribution in [0.25, 0.3) is 11.2 Å². The maximum Gasteiger partial charge on any atom is 0.183 e. The third kappa shape index (κ3) is 3.31. The summed E-state index contributed by atoms with van der Waals surface area (Å²) in [5.41, 5.74) is 12.3. The van der Waals surface area contributed by atoms with Gasteiger partial charge in [-0.2, -0.15) is 5.10 Å². The van der Waals surface area contributed by atoms with Crippen LogP contribution in [0.4, 0.5) is 17.2 Å². The zero-order chi connectivity index (χ0) is 20.7. The minimum Gasteiger partial charge on any atom is -0.388 e. The fraction of sp³-hybridized carbons (Fsp3) is 0.522. The van der Waals surface area contributed by atoms with Gasteiger partial charge in [-0.15, -0.1) is 0 Å². The molecule has 158 valence electrons. The van der Waals surface area contributed by atoms with Crippen LogP contribution in [0.5, 0.6) is 0 Å². The molecule has 0 radical (unpaired) electrons. The quantitative estimate of drug-likeness (QED) is 0.600. The summed E-state index contributed by atoms with van der Waals surface area (Å²) >= 11 is 0. The predicted octanol–water partition coefficient (Wildman–Crippen LogP) is 4.27. The van der Waals surface area contributed by atoms with E-state index in [4.69, 9.17) is 15.7 Å². The Bertz CT molecular complexity index is 1040. The number of aromatic amines is 1. The fourth-order valence-corrected chi connectivity index (χ4v) is 5.05. The van der Waals surface area contributed by atoms with E-state index < -0.39 is 0 Å². The Morgan fingerprint density at radius 2 is 2.03 bits per heavy atom. The highest BCUT2D eigenvalue weighted by atomic mass is 15.3. The molecule has 7 nitrogen and oxygen atoms in total. The number of nitrogens with one attached hydrogen (secondary N) is 2. The SMILES string of the molecule is CNc1ccc2c(c1)[C@@H](C)CCN2c1n[nH]c2nc([C@H]3CC[C@H](CN)CC3)cnc12. The first-order valence-corrected chi connectivity index (χ1v) is 11.2. The van der Waals surface area contributed by atoms with Crippen molar-refractivity contribution in [3.05, 3.63) is 35.7 Å². The molecule has 3 aromatic rings. The Morgan fingerprint density at radius 1 is 1.20 bits per heavy atom. The van der Waals surface area contributed by atoms with E-state index in [1.165, 1.54) is 24.1 Å². The number of hydrogen-bond donors (Lipinski definition) is 3. The predicted molar refractivity (Wildman–Crippen MR) is 121 cm³/mol. The van der Waals surface area contributed by atoms with Crippen LogP contribution in [0.3, 0.4) is 0 Å². The lowest BCUT2D eigenvalue weighted by Crippen LogP contribution is -2.26. The lowest BCUT2D eigenvalue weighted by molar-refractivity contribution is 0.329. The molecule has 1 fully saturated rings. The molecule has 2 aromatic heterocycles. The minimum absolute atomic E-state index is 0.480. The highest BCUT2D eigenvalue weighted by Crippen LogP contribution is 2.41. The maximum atomic E-state index is 5.84. The highest BCUT2D eigenvalue weighted by molar-refractivity contribution is 5.87. The maximum absolute atomic E-state index is 5.84. The Kier molecular flexibility index (Phi) is 5.06. The smallest absolute Gasteiger partial charge is 0.183 e. The van der Waals surface area contributed by atoms with Crippen molar-refractivity contribution in [2.45, 2.75) is 50.9 Å². The lowest BCUT2D eigenvalue weighted by atomic mass is 9.81. The van der Waals surface area contributed by atoms with Crippen molar-refractivity contribution in [2.75, 3.05) is 30.4 Å². The van der Waals surface area contributed by atoms with Crippen LogP contribution in [-0.4, -0.2) is 40.3 Å². The number of aromatic nitrogens is 4. The topological polar surface area (TPSA) is 95.8 Å². The van der Waals surface area contributed by atoms with Gasteiger partial charge in [0.25, 0.3) is 0 Å². The van der Waals surface area contributed by atoms with Gasteiger partial charge in [-0.3, -0.25) is 5.10 Å². The molecule has 0 bridgehead atoms. The van der Waals surface area contributed by atoms with Crippen molar-refractivity contribution in [1.82, 2.24) is 20.2 Å². The van der Waals surface area contributed by atoms with Crippen LogP contribution in [0.2, 0.25) is 0 Å². The first-order valence-electron chi connectivity index (χ1n) is 11.2. The number of nitrogens with two attached hydrogens (primary N) is 1. The van der Waals surface area contributed by atoms with E-state index in [-0.39, 0.29) is 0 Å². The van der Waals surface area contributed by atoms with Crippen LogP contribution in [0.15, 0.2) is 24.4 Å². The summed E-state index contributed by atoms with van der Waals surface area (Å²) in [7, 11) is 1.96. The third-order valence-electron chi connectivity index (χ3n) is 7.05. The molecule has 1 atom stereocenters. The summed E-state index contributed by atoms with van der Waals surface area (Å²) in [6.07, 6.45) is 7.72. The summed E-state index contributed by atoms with van der Waals surface area (Å²) in [4.78, 5) is 12.0.